The van der Waals surface area contributed by atoms with Gasteiger partial charge in [0.15, 0.2) is 0 Å². The number of amides is 1. The molecule has 1 saturated heterocycles. The molecule has 5 nitrogen and oxygen atoms in total. The predicted octanol–water partition coefficient (Wildman–Crippen LogP) is 5.48. The van der Waals surface area contributed by atoms with Gasteiger partial charge in [-0.15, -0.1) is 0 Å². The fraction of sp³-hybridized carbons (Fsp3) is 0.870. The number of carbonyl (C=O) groups is 1. The fourth-order valence-corrected chi connectivity index (χ4v) is 8.06. The molecule has 7 atom stereocenters. The van der Waals surface area contributed by atoms with E-state index in [0.717, 1.165) is 25.7 Å². The van der Waals surface area contributed by atoms with Gasteiger partial charge in [0.2, 0.25) is 5.91 Å². The van der Waals surface area contributed by atoms with Gasteiger partial charge in [-0.2, -0.15) is 21.6 Å². The number of hydrogen-bond acceptors (Lipinski definition) is 4. The molecule has 9 heteroatoms. The molecule has 184 valence electrons. The summed E-state index contributed by atoms with van der Waals surface area (Å²) in [5, 5.41) is 0. The lowest BCUT2D eigenvalue weighted by molar-refractivity contribution is -0.158. The van der Waals surface area contributed by atoms with Crippen molar-refractivity contribution in [1.29, 1.82) is 0 Å². The average Bonchev–Trinajstić information content (AvgIpc) is 2.95. The number of allylic oxidation sites excluding steroid dienone is 2. The minimum absolute atomic E-state index is 0.0196. The standard InChI is InChI=1S/C21H30F3NO4S.C2H6/c1-12-11-16(29-30(27,28)21(22,23)24)20(3)9-7-14-13(18(12)20)5-6-15-19(14,2)10-8-17(26)25(15)4;1-2/h11-15,18H,5-10H2,1-4H3;1-2H3. The predicted molar refractivity (Wildman–Crippen MR) is 116 cm³/mol. The average molecular weight is 480 g/mol. The summed E-state index contributed by atoms with van der Waals surface area (Å²) in [7, 11) is -3.80. The van der Waals surface area contributed by atoms with Gasteiger partial charge in [-0.05, 0) is 67.3 Å². The maximum Gasteiger partial charge on any atom is 0.534 e. The van der Waals surface area contributed by atoms with Crippen LogP contribution in [0.5, 0.6) is 0 Å². The third-order valence-corrected chi connectivity index (χ3v) is 9.80. The first-order chi connectivity index (χ1) is 14.7. The summed E-state index contributed by atoms with van der Waals surface area (Å²) < 4.78 is 66.9. The van der Waals surface area contributed by atoms with Gasteiger partial charge in [0, 0.05) is 24.9 Å². The fourth-order valence-electron chi connectivity index (χ4n) is 7.48. The number of likely N-dealkylation sites (tertiary alicyclic amines) is 1. The van der Waals surface area contributed by atoms with E-state index in [9.17, 15) is 26.4 Å². The first-order valence-corrected chi connectivity index (χ1v) is 13.1. The molecule has 7 unspecified atom stereocenters. The molecular formula is C23H36F3NO4S. The van der Waals surface area contributed by atoms with Crippen LogP contribution in [0.2, 0.25) is 0 Å². The monoisotopic (exact) mass is 479 g/mol. The smallest absolute Gasteiger partial charge is 0.380 e. The molecule has 2 saturated carbocycles. The van der Waals surface area contributed by atoms with Crippen LogP contribution >= 0.6 is 0 Å². The molecule has 0 N–H and O–H groups in total. The van der Waals surface area contributed by atoms with Crippen LogP contribution in [-0.4, -0.2) is 37.8 Å². The normalized spacial score (nSPS) is 41.5. The Morgan fingerprint density at radius 1 is 1.12 bits per heavy atom. The van der Waals surface area contributed by atoms with Crippen LogP contribution in [-0.2, 0) is 19.1 Å². The van der Waals surface area contributed by atoms with Crippen molar-refractivity contribution < 1.29 is 30.6 Å². The molecule has 4 aliphatic rings. The molecule has 0 radical (unpaired) electrons. The van der Waals surface area contributed by atoms with Crippen molar-refractivity contribution in [3.8, 4) is 0 Å². The SMILES string of the molecule is CC.CC1C=C(OS(=O)(=O)C(F)(F)F)C2(C)CCC3C(CCC4N(C)C(=O)CCC34C)C12. The Hall–Kier alpha value is -1.25. The van der Waals surface area contributed by atoms with Crippen LogP contribution in [0.25, 0.3) is 0 Å². The van der Waals surface area contributed by atoms with E-state index in [1.165, 1.54) is 0 Å². The van der Waals surface area contributed by atoms with Gasteiger partial charge in [0.25, 0.3) is 0 Å². The molecule has 4 rings (SSSR count). The second-order valence-electron chi connectivity index (χ2n) is 10.2. The minimum atomic E-state index is -5.68. The van der Waals surface area contributed by atoms with E-state index in [-0.39, 0.29) is 40.9 Å². The maximum atomic E-state index is 12.9. The van der Waals surface area contributed by atoms with Crippen LogP contribution in [0.4, 0.5) is 13.2 Å². The van der Waals surface area contributed by atoms with Crippen LogP contribution in [0.1, 0.15) is 73.1 Å². The number of carbonyl (C=O) groups excluding carboxylic acids is 1. The first kappa shape index (κ1) is 25.4. The molecule has 0 aromatic carbocycles. The van der Waals surface area contributed by atoms with Crippen molar-refractivity contribution in [3.63, 3.8) is 0 Å². The van der Waals surface area contributed by atoms with E-state index in [1.807, 2.05) is 39.6 Å². The minimum Gasteiger partial charge on any atom is -0.380 e. The molecule has 0 aromatic heterocycles. The summed E-state index contributed by atoms with van der Waals surface area (Å²) in [6.45, 7) is 10.1. The van der Waals surface area contributed by atoms with Crippen molar-refractivity contribution in [2.75, 3.05) is 7.05 Å². The number of halogens is 3. The van der Waals surface area contributed by atoms with Crippen LogP contribution in [0.15, 0.2) is 11.8 Å². The lowest BCUT2D eigenvalue weighted by Crippen LogP contribution is -2.61. The maximum absolute atomic E-state index is 12.9. The molecule has 3 aliphatic carbocycles. The molecule has 1 amide bonds. The van der Waals surface area contributed by atoms with E-state index < -0.39 is 21.0 Å². The highest BCUT2D eigenvalue weighted by Crippen LogP contribution is 2.66. The third kappa shape index (κ3) is 3.66. The van der Waals surface area contributed by atoms with Crippen molar-refractivity contribution in [1.82, 2.24) is 4.90 Å². The first-order valence-electron chi connectivity index (χ1n) is 11.7. The molecule has 1 heterocycles. The number of rotatable bonds is 2. The van der Waals surface area contributed by atoms with E-state index in [4.69, 9.17) is 4.18 Å². The second kappa shape index (κ2) is 8.20. The molecule has 0 bridgehead atoms. The van der Waals surface area contributed by atoms with Gasteiger partial charge in [-0.25, -0.2) is 0 Å². The number of nitrogens with zero attached hydrogens (tertiary/aromatic N) is 1. The molecule has 3 fully saturated rings. The van der Waals surface area contributed by atoms with Crippen LogP contribution in [0.3, 0.4) is 0 Å². The Balaban J connectivity index is 0.00000141. The van der Waals surface area contributed by atoms with Crippen molar-refractivity contribution in [2.45, 2.75) is 84.7 Å². The molecule has 0 spiro atoms. The quantitative estimate of drug-likeness (QED) is 0.389. The van der Waals surface area contributed by atoms with Crippen molar-refractivity contribution in [3.05, 3.63) is 11.8 Å². The highest BCUT2D eigenvalue weighted by molar-refractivity contribution is 7.87. The zero-order chi connectivity index (χ0) is 24.3. The van der Waals surface area contributed by atoms with E-state index in [0.29, 0.717) is 18.8 Å². The molecule has 32 heavy (non-hydrogen) atoms. The van der Waals surface area contributed by atoms with Gasteiger partial charge in [-0.3, -0.25) is 4.79 Å². The Morgan fingerprint density at radius 3 is 2.34 bits per heavy atom. The summed E-state index contributed by atoms with van der Waals surface area (Å²) >= 11 is 0. The Kier molecular flexibility index (Phi) is 6.50. The number of piperidine rings is 1. The third-order valence-electron chi connectivity index (χ3n) is 8.84. The van der Waals surface area contributed by atoms with Crippen molar-refractivity contribution in [2.24, 2.45) is 34.5 Å². The van der Waals surface area contributed by atoms with Gasteiger partial charge < -0.3 is 9.08 Å². The highest BCUT2D eigenvalue weighted by Gasteiger charge is 2.63. The summed E-state index contributed by atoms with van der Waals surface area (Å²) in [5.74, 6) is 0.742. The van der Waals surface area contributed by atoms with Gasteiger partial charge >= 0.3 is 15.6 Å². The Bertz CT molecular complexity index is 886. The molecule has 0 aromatic rings. The summed E-state index contributed by atoms with van der Waals surface area (Å²) in [5.41, 5.74) is -6.18. The lowest BCUT2D eigenvalue weighted by Gasteiger charge is -2.61. The van der Waals surface area contributed by atoms with Gasteiger partial charge in [0.1, 0.15) is 5.76 Å². The second-order valence-corrected chi connectivity index (χ2v) is 11.8. The van der Waals surface area contributed by atoms with Crippen LogP contribution in [0, 0.1) is 34.5 Å². The summed E-state index contributed by atoms with van der Waals surface area (Å²) in [6.07, 6.45) is 6.10. The lowest BCUT2D eigenvalue weighted by atomic mass is 9.46. The van der Waals surface area contributed by atoms with Gasteiger partial charge in [-0.1, -0.05) is 34.6 Å². The highest BCUT2D eigenvalue weighted by atomic mass is 32.2. The number of alkyl halides is 3. The summed E-state index contributed by atoms with van der Waals surface area (Å²) in [4.78, 5) is 14.1. The Labute approximate surface area is 189 Å². The van der Waals surface area contributed by atoms with E-state index >= 15 is 0 Å². The molecular weight excluding hydrogens is 443 g/mol. The largest absolute Gasteiger partial charge is 0.534 e. The summed E-state index contributed by atoms with van der Waals surface area (Å²) in [6, 6.07) is 0.190. The number of fused-ring (bicyclic) bond motifs is 5. The zero-order valence-corrected chi connectivity index (χ0v) is 20.6. The van der Waals surface area contributed by atoms with Crippen LogP contribution < -0.4 is 0 Å². The van der Waals surface area contributed by atoms with E-state index in [2.05, 4.69) is 6.92 Å². The molecule has 1 aliphatic heterocycles. The number of hydrogen-bond donors (Lipinski definition) is 0. The van der Waals surface area contributed by atoms with Gasteiger partial charge in [0.05, 0.1) is 0 Å². The Morgan fingerprint density at radius 2 is 1.75 bits per heavy atom. The topological polar surface area (TPSA) is 63.7 Å². The van der Waals surface area contributed by atoms with E-state index in [1.54, 1.807) is 6.08 Å². The van der Waals surface area contributed by atoms with Crippen molar-refractivity contribution >= 4 is 16.0 Å². The zero-order valence-electron chi connectivity index (χ0n) is 19.8.